The Bertz CT molecular complexity index is 1700. The van der Waals surface area contributed by atoms with E-state index in [0.717, 1.165) is 16.5 Å². The van der Waals surface area contributed by atoms with Crippen molar-refractivity contribution in [1.82, 2.24) is 0 Å². The van der Waals surface area contributed by atoms with Gasteiger partial charge in [-0.3, -0.25) is 6.08 Å². The van der Waals surface area contributed by atoms with E-state index in [0.29, 0.717) is 11.3 Å². The predicted octanol–water partition coefficient (Wildman–Crippen LogP) is 7.52. The summed E-state index contributed by atoms with van der Waals surface area (Å²) in [5, 5.41) is 1.53. The molecule has 4 aromatic carbocycles. The van der Waals surface area contributed by atoms with Crippen LogP contribution in [0.1, 0.15) is 115 Å². The van der Waals surface area contributed by atoms with E-state index < -0.39 is 0 Å². The summed E-state index contributed by atoms with van der Waals surface area (Å²) in [4.78, 5) is 0. The van der Waals surface area contributed by atoms with Crippen molar-refractivity contribution in [3.05, 3.63) is 152 Å². The van der Waals surface area contributed by atoms with Gasteiger partial charge in [-0.2, -0.15) is 35.4 Å². The van der Waals surface area contributed by atoms with E-state index in [1.165, 1.54) is 90.4 Å². The summed E-state index contributed by atoms with van der Waals surface area (Å²) < 4.78 is 1.31. The molecular formula is C46H52Cl4Zr-2. The van der Waals surface area contributed by atoms with Crippen molar-refractivity contribution in [2.75, 3.05) is 0 Å². The summed E-state index contributed by atoms with van der Waals surface area (Å²) in [7, 11) is 0. The van der Waals surface area contributed by atoms with Crippen molar-refractivity contribution >= 4 is 26.4 Å². The number of hydrogen-bond acceptors (Lipinski definition) is 0. The number of benzene rings is 4. The first-order valence-electron chi connectivity index (χ1n) is 17.5. The van der Waals surface area contributed by atoms with Gasteiger partial charge >= 0.3 is 120 Å². The fraction of sp³-hybridized carbons (Fsp3) is 0.370. The summed E-state index contributed by atoms with van der Waals surface area (Å²) in [6.07, 6.45) is 11.4. The molecule has 0 fully saturated rings. The Morgan fingerprint density at radius 2 is 1.24 bits per heavy atom. The molecule has 0 aromatic heterocycles. The van der Waals surface area contributed by atoms with Crippen LogP contribution in [0.25, 0.3) is 11.1 Å². The molecule has 0 saturated heterocycles. The number of rotatable bonds is 4. The van der Waals surface area contributed by atoms with Crippen LogP contribution in [-0.2, 0) is 41.5 Å². The second kappa shape index (κ2) is 19.0. The maximum absolute atomic E-state index is 5.86. The fourth-order valence-electron chi connectivity index (χ4n) is 5.88. The van der Waals surface area contributed by atoms with Gasteiger partial charge < -0.3 is 24.8 Å². The molecule has 51 heavy (non-hydrogen) atoms. The number of fused-ring (bicyclic) bond motifs is 3. The van der Waals surface area contributed by atoms with Gasteiger partial charge in [-0.05, 0) is 28.4 Å². The van der Waals surface area contributed by atoms with Gasteiger partial charge in [0.1, 0.15) is 0 Å². The zero-order valence-electron chi connectivity index (χ0n) is 31.9. The van der Waals surface area contributed by atoms with Gasteiger partial charge in [0.2, 0.25) is 0 Å². The molecule has 4 aromatic rings. The second-order valence-electron chi connectivity index (χ2n) is 16.3. The van der Waals surface area contributed by atoms with Gasteiger partial charge in [0.15, 0.2) is 0 Å². The largest absolute Gasteiger partial charge is 1.00 e. The minimum atomic E-state index is 0. The van der Waals surface area contributed by atoms with Crippen LogP contribution < -0.4 is 24.8 Å². The molecule has 0 aliphatic heterocycles. The van der Waals surface area contributed by atoms with Crippen molar-refractivity contribution in [2.45, 2.75) is 99.3 Å². The molecule has 0 N–H and O–H groups in total. The van der Waals surface area contributed by atoms with E-state index in [4.69, 9.17) is 23.2 Å². The van der Waals surface area contributed by atoms with Crippen LogP contribution in [0.2, 0.25) is 10.0 Å². The van der Waals surface area contributed by atoms with Gasteiger partial charge in [0, 0.05) is 0 Å². The standard InChI is InChI=1S/C21H25.C13H8Cl2.C12H19.2ClH.Zr/c1-20(2,3)16-7-9-18-14(12-16)11-15-13-17(21(4,5)6)8-10-19(15)18;14-12-5-1-10(2-6-12)9-11-3-7-13(15)8-4-11;1-5-6-10-7-8-11(9-10)12(2,3)4;;;/h7-10,12H,11H2,1-6H3;1-8H;8-10H,5-6H2,1-4H3;2*1H;/q-1;;-1;;;+2/p-2. The zero-order chi connectivity index (χ0) is 36.1. The van der Waals surface area contributed by atoms with Crippen molar-refractivity contribution in [3.8, 4) is 11.1 Å². The van der Waals surface area contributed by atoms with E-state index in [1.807, 2.05) is 48.5 Å². The monoisotopic (exact) mass is 834 g/mol. The van der Waals surface area contributed by atoms with Crippen molar-refractivity contribution in [1.29, 1.82) is 0 Å². The molecule has 0 heterocycles. The SMILES string of the molecule is CC(C)(C)c1[c-]c2c(cc1)-c1ccc(C(C)(C)C)cc1C2.CCCC1[C-]=CC(C(C)(C)C)=C1.Clc1ccc([C](=[Zr+2])c2ccc(Cl)cc2)cc1.[Cl-].[Cl-]. The van der Waals surface area contributed by atoms with Crippen LogP contribution in [0.3, 0.4) is 0 Å². The third kappa shape index (κ3) is 12.7. The third-order valence-electron chi connectivity index (χ3n) is 9.03. The fourth-order valence-corrected chi connectivity index (χ4v) is 6.95. The average molecular weight is 838 g/mol. The number of allylic oxidation sites excluding steroid dienone is 4. The summed E-state index contributed by atoms with van der Waals surface area (Å²) in [6.45, 7) is 22.6. The van der Waals surface area contributed by atoms with E-state index in [9.17, 15) is 0 Å². The first-order chi connectivity index (χ1) is 22.9. The third-order valence-corrected chi connectivity index (χ3v) is 11.0. The van der Waals surface area contributed by atoms with Crippen LogP contribution in [0, 0.1) is 23.5 Å². The maximum atomic E-state index is 5.86. The van der Waals surface area contributed by atoms with Crippen LogP contribution in [-0.4, -0.2) is 3.21 Å². The van der Waals surface area contributed by atoms with E-state index >= 15 is 0 Å². The second-order valence-corrected chi connectivity index (χ2v) is 18.4. The van der Waals surface area contributed by atoms with Crippen LogP contribution >= 0.6 is 23.2 Å². The van der Waals surface area contributed by atoms with Crippen LogP contribution in [0.4, 0.5) is 0 Å². The van der Waals surface area contributed by atoms with Crippen LogP contribution in [0.15, 0.2) is 96.6 Å². The molecule has 0 spiro atoms. The average Bonchev–Trinajstić information content (AvgIpc) is 3.66. The topological polar surface area (TPSA) is 0 Å². The van der Waals surface area contributed by atoms with Crippen molar-refractivity contribution in [3.63, 3.8) is 0 Å². The molecule has 0 bridgehead atoms. The van der Waals surface area contributed by atoms with Gasteiger partial charge in [-0.1, -0.05) is 117 Å². The number of halogens is 4. The molecule has 0 radical (unpaired) electrons. The Hall–Kier alpha value is -1.73. The molecule has 2 aliphatic rings. The molecule has 0 saturated carbocycles. The molecule has 6 rings (SSSR count). The van der Waals surface area contributed by atoms with Gasteiger partial charge in [-0.25, -0.2) is 6.08 Å². The van der Waals surface area contributed by atoms with Crippen molar-refractivity contribution in [2.24, 2.45) is 11.3 Å². The van der Waals surface area contributed by atoms with E-state index in [1.54, 1.807) is 0 Å². The summed E-state index contributed by atoms with van der Waals surface area (Å²) in [5.74, 6) is 0.587. The Morgan fingerprint density at radius 3 is 1.69 bits per heavy atom. The molecule has 270 valence electrons. The Morgan fingerprint density at radius 1 is 0.706 bits per heavy atom. The summed E-state index contributed by atoms with van der Waals surface area (Å²) in [5.41, 5.74) is 12.9. The predicted molar refractivity (Wildman–Crippen MR) is 211 cm³/mol. The molecule has 1 unspecified atom stereocenters. The summed E-state index contributed by atoms with van der Waals surface area (Å²) in [6, 6.07) is 31.0. The quantitative estimate of drug-likeness (QED) is 0.165. The van der Waals surface area contributed by atoms with Gasteiger partial charge in [0.05, 0.1) is 0 Å². The van der Waals surface area contributed by atoms with Gasteiger partial charge in [0.25, 0.3) is 0 Å². The normalized spacial score (nSPS) is 14.4. The molecule has 1 atom stereocenters. The Labute approximate surface area is 346 Å². The maximum Gasteiger partial charge on any atom is -1.00 e. The Balaban J connectivity index is 0.000000270. The first kappa shape index (κ1) is 45.4. The zero-order valence-corrected chi connectivity index (χ0v) is 37.4. The number of hydrogen-bond donors (Lipinski definition) is 0. The first-order valence-corrected chi connectivity index (χ1v) is 19.5. The van der Waals surface area contributed by atoms with Crippen LogP contribution in [0.5, 0.6) is 0 Å². The molecular weight excluding hydrogens is 786 g/mol. The minimum Gasteiger partial charge on any atom is -1.00 e. The smallest absolute Gasteiger partial charge is 1.00 e. The molecule has 0 amide bonds. The Kier molecular flexibility index (Phi) is 17.0. The summed E-state index contributed by atoms with van der Waals surface area (Å²) >= 11 is 13.1. The van der Waals surface area contributed by atoms with E-state index in [2.05, 4.69) is 124 Å². The minimum absolute atomic E-state index is 0. The molecule has 2 aliphatic carbocycles. The molecule has 0 nitrogen and oxygen atoms in total. The molecule has 5 heteroatoms. The van der Waals surface area contributed by atoms with Gasteiger partial charge in [-0.15, -0.1) is 11.1 Å². The van der Waals surface area contributed by atoms with Crippen molar-refractivity contribution < 1.29 is 49.0 Å². The van der Waals surface area contributed by atoms with E-state index in [-0.39, 0.29) is 35.6 Å².